The molecule has 17 heavy (non-hydrogen) atoms. The third-order valence-corrected chi connectivity index (χ3v) is 2.53. The van der Waals surface area contributed by atoms with Gasteiger partial charge in [0.05, 0.1) is 10.3 Å². The lowest BCUT2D eigenvalue weighted by molar-refractivity contribution is -0.384. The van der Waals surface area contributed by atoms with Crippen LogP contribution in [0.3, 0.4) is 0 Å². The van der Waals surface area contributed by atoms with E-state index in [1.54, 1.807) is 0 Å². The molecule has 6 heteroatoms. The molecule has 0 amide bonds. The van der Waals surface area contributed by atoms with Crippen LogP contribution >= 0.6 is 0 Å². The summed E-state index contributed by atoms with van der Waals surface area (Å²) in [6, 6.07) is 5.28. The quantitative estimate of drug-likeness (QED) is 0.603. The average molecular weight is 247 g/mol. The summed E-state index contributed by atoms with van der Waals surface area (Å²) in [5.41, 5.74) is -1.79. The van der Waals surface area contributed by atoms with Crippen LogP contribution in [0.15, 0.2) is 24.3 Å². The summed E-state index contributed by atoms with van der Waals surface area (Å²) in [6.45, 7) is 2.15. The smallest absolute Gasteiger partial charge is 0.258 e. The lowest BCUT2D eigenvalue weighted by Crippen LogP contribution is -2.34. The van der Waals surface area contributed by atoms with Gasteiger partial charge in [0.2, 0.25) is 0 Å². The van der Waals surface area contributed by atoms with Gasteiger partial charge in [-0.15, -0.1) is 0 Å². The minimum atomic E-state index is -4.34. The zero-order valence-corrected chi connectivity index (χ0v) is 9.41. The summed E-state index contributed by atoms with van der Waals surface area (Å²) in [5.74, 6) is 0. The molecule has 0 heterocycles. The van der Waals surface area contributed by atoms with Crippen LogP contribution < -0.4 is 0 Å². The van der Waals surface area contributed by atoms with E-state index in [4.69, 9.17) is 0 Å². The van der Waals surface area contributed by atoms with E-state index in [1.165, 1.54) is 24.3 Å². The summed E-state index contributed by atoms with van der Waals surface area (Å²) >= 11 is 0. The Bertz CT molecular complexity index is 427. The Balaban J connectivity index is 2.96. The molecule has 0 saturated carbocycles. The number of nitro groups is 1. The van der Waals surface area contributed by atoms with E-state index in [0.29, 0.717) is 5.56 Å². The minimum absolute atomic E-state index is 0.194. The van der Waals surface area contributed by atoms with Crippen molar-refractivity contribution in [1.82, 2.24) is 0 Å². The summed E-state index contributed by atoms with van der Waals surface area (Å²) in [5, 5.41) is 10.5. The molecule has 0 aliphatic carbocycles. The normalized spacial score (nSPS) is 12.5. The van der Waals surface area contributed by atoms with Gasteiger partial charge in [0, 0.05) is 12.1 Å². The zero-order valence-electron chi connectivity index (χ0n) is 9.41. The van der Waals surface area contributed by atoms with Crippen LogP contribution in [0.5, 0.6) is 0 Å². The van der Waals surface area contributed by atoms with Crippen LogP contribution in [0.25, 0.3) is 0 Å². The van der Waals surface area contributed by atoms with E-state index < -0.39 is 16.5 Å². The Morgan fingerprint density at radius 2 is 1.88 bits per heavy atom. The third kappa shape index (κ3) is 3.18. The fourth-order valence-corrected chi connectivity index (χ4v) is 1.39. The first kappa shape index (κ1) is 13.5. The van der Waals surface area contributed by atoms with Gasteiger partial charge in [0.25, 0.3) is 5.69 Å². The Morgan fingerprint density at radius 3 is 2.35 bits per heavy atom. The third-order valence-electron chi connectivity index (χ3n) is 2.53. The van der Waals surface area contributed by atoms with Gasteiger partial charge in [-0.05, 0) is 12.0 Å². The number of alkyl halides is 3. The van der Waals surface area contributed by atoms with Crippen molar-refractivity contribution < 1.29 is 18.1 Å². The van der Waals surface area contributed by atoms with Crippen LogP contribution in [0.4, 0.5) is 18.9 Å². The molecule has 0 radical (unpaired) electrons. The molecule has 94 valence electrons. The van der Waals surface area contributed by atoms with E-state index in [-0.39, 0.29) is 12.1 Å². The van der Waals surface area contributed by atoms with Crippen molar-refractivity contribution in [2.75, 3.05) is 0 Å². The number of rotatable bonds is 3. The van der Waals surface area contributed by atoms with Gasteiger partial charge < -0.3 is 0 Å². The Kier molecular flexibility index (Phi) is 3.45. The van der Waals surface area contributed by atoms with E-state index >= 15 is 0 Å². The molecule has 0 aliphatic heterocycles. The van der Waals surface area contributed by atoms with E-state index in [2.05, 4.69) is 0 Å². The van der Waals surface area contributed by atoms with Crippen LogP contribution in [0.2, 0.25) is 0 Å². The van der Waals surface area contributed by atoms with E-state index in [1.807, 2.05) is 0 Å². The number of nitro benzene ring substituents is 1. The summed E-state index contributed by atoms with van der Waals surface area (Å²) in [6.07, 6.45) is -4.62. The second-order valence-electron chi connectivity index (χ2n) is 4.49. The molecular weight excluding hydrogens is 235 g/mol. The molecule has 0 aromatic heterocycles. The molecule has 0 saturated heterocycles. The summed E-state index contributed by atoms with van der Waals surface area (Å²) in [7, 11) is 0. The number of hydrogen-bond acceptors (Lipinski definition) is 2. The maximum atomic E-state index is 12.6. The predicted octanol–water partition coefficient (Wildman–Crippen LogP) is 3.73. The standard InChI is InChI=1S/C11H12F3NO2/c1-10(2,11(12,13)14)7-8-4-3-5-9(6-8)15(16)17/h3-6H,7H2,1-2H3. The first-order valence-corrected chi connectivity index (χ1v) is 4.93. The van der Waals surface area contributed by atoms with Crippen molar-refractivity contribution in [1.29, 1.82) is 0 Å². The second kappa shape index (κ2) is 4.35. The van der Waals surface area contributed by atoms with Crippen molar-refractivity contribution in [2.45, 2.75) is 26.4 Å². The molecule has 0 aliphatic rings. The molecule has 3 nitrogen and oxygen atoms in total. The molecule has 0 spiro atoms. The lowest BCUT2D eigenvalue weighted by Gasteiger charge is -2.27. The highest BCUT2D eigenvalue weighted by Gasteiger charge is 2.47. The fraction of sp³-hybridized carbons (Fsp3) is 0.455. The second-order valence-corrected chi connectivity index (χ2v) is 4.49. The largest absolute Gasteiger partial charge is 0.394 e. The molecular formula is C11H12F3NO2. The number of hydrogen-bond donors (Lipinski definition) is 0. The maximum absolute atomic E-state index is 12.6. The lowest BCUT2D eigenvalue weighted by atomic mass is 9.85. The molecule has 1 aromatic rings. The molecule has 0 unspecified atom stereocenters. The van der Waals surface area contributed by atoms with Crippen molar-refractivity contribution in [3.8, 4) is 0 Å². The molecule has 0 atom stereocenters. The van der Waals surface area contributed by atoms with Crippen LogP contribution in [-0.2, 0) is 6.42 Å². The van der Waals surface area contributed by atoms with Crippen LogP contribution in [-0.4, -0.2) is 11.1 Å². The van der Waals surface area contributed by atoms with Gasteiger partial charge in [-0.1, -0.05) is 26.0 Å². The van der Waals surface area contributed by atoms with Crippen LogP contribution in [0.1, 0.15) is 19.4 Å². The van der Waals surface area contributed by atoms with Gasteiger partial charge >= 0.3 is 6.18 Å². The van der Waals surface area contributed by atoms with Crippen molar-refractivity contribution in [3.63, 3.8) is 0 Å². The van der Waals surface area contributed by atoms with Crippen LogP contribution in [0, 0.1) is 15.5 Å². The number of nitrogens with zero attached hydrogens (tertiary/aromatic N) is 1. The highest BCUT2D eigenvalue weighted by atomic mass is 19.4. The number of non-ortho nitro benzene ring substituents is 1. The van der Waals surface area contributed by atoms with E-state index in [0.717, 1.165) is 13.8 Å². The molecule has 0 bridgehead atoms. The van der Waals surface area contributed by atoms with Gasteiger partial charge in [-0.2, -0.15) is 13.2 Å². The average Bonchev–Trinajstić information content (AvgIpc) is 2.15. The van der Waals surface area contributed by atoms with Gasteiger partial charge in [0.1, 0.15) is 0 Å². The highest BCUT2D eigenvalue weighted by Crippen LogP contribution is 2.40. The van der Waals surface area contributed by atoms with Crippen molar-refractivity contribution >= 4 is 5.69 Å². The van der Waals surface area contributed by atoms with Crippen molar-refractivity contribution in [2.24, 2.45) is 5.41 Å². The fourth-order valence-electron chi connectivity index (χ4n) is 1.39. The molecule has 0 fully saturated rings. The van der Waals surface area contributed by atoms with Gasteiger partial charge in [-0.25, -0.2) is 0 Å². The number of benzene rings is 1. The topological polar surface area (TPSA) is 43.1 Å². The maximum Gasteiger partial charge on any atom is 0.394 e. The minimum Gasteiger partial charge on any atom is -0.258 e. The monoisotopic (exact) mass is 247 g/mol. The van der Waals surface area contributed by atoms with Gasteiger partial charge in [-0.3, -0.25) is 10.1 Å². The summed E-state index contributed by atoms with van der Waals surface area (Å²) in [4.78, 5) is 9.88. The number of halogens is 3. The predicted molar refractivity (Wildman–Crippen MR) is 56.6 cm³/mol. The first-order valence-electron chi connectivity index (χ1n) is 4.93. The Morgan fingerprint density at radius 1 is 1.29 bits per heavy atom. The van der Waals surface area contributed by atoms with Gasteiger partial charge in [0.15, 0.2) is 0 Å². The molecule has 1 rings (SSSR count). The Labute approximate surface area is 96.4 Å². The van der Waals surface area contributed by atoms with E-state index in [9.17, 15) is 23.3 Å². The van der Waals surface area contributed by atoms with Crippen molar-refractivity contribution in [3.05, 3.63) is 39.9 Å². The molecule has 1 aromatic carbocycles. The first-order chi connectivity index (χ1) is 7.63. The molecule has 0 N–H and O–H groups in total. The SMILES string of the molecule is CC(C)(Cc1cccc([N+](=O)[O-])c1)C(F)(F)F. The summed E-state index contributed by atoms with van der Waals surface area (Å²) < 4.78 is 37.9. The highest BCUT2D eigenvalue weighted by molar-refractivity contribution is 5.34. The zero-order chi connectivity index (χ0) is 13.3. The Hall–Kier alpha value is -1.59.